The summed E-state index contributed by atoms with van der Waals surface area (Å²) >= 11 is 9.25. The molecule has 0 fully saturated rings. The molecule has 21 heavy (non-hydrogen) atoms. The Hall–Kier alpha value is -1.66. The molecule has 0 aliphatic rings. The van der Waals surface area contributed by atoms with E-state index in [2.05, 4.69) is 26.0 Å². The molecule has 1 amide bonds. The van der Waals surface area contributed by atoms with E-state index in [0.29, 0.717) is 10.2 Å². The molecule has 2 aromatic rings. The molecule has 0 saturated heterocycles. The van der Waals surface area contributed by atoms with Crippen LogP contribution in [-0.2, 0) is 0 Å². The van der Waals surface area contributed by atoms with Crippen molar-refractivity contribution in [1.29, 1.82) is 0 Å². The lowest BCUT2D eigenvalue weighted by Crippen LogP contribution is -2.12. The Kier molecular flexibility index (Phi) is 5.14. The van der Waals surface area contributed by atoms with Crippen LogP contribution in [0, 0.1) is 0 Å². The lowest BCUT2D eigenvalue weighted by Gasteiger charge is -2.09. The van der Waals surface area contributed by atoms with Gasteiger partial charge in [-0.3, -0.25) is 4.79 Å². The van der Waals surface area contributed by atoms with Crippen molar-refractivity contribution in [2.75, 3.05) is 5.32 Å². The zero-order valence-electron chi connectivity index (χ0n) is 10.4. The Labute approximate surface area is 133 Å². The average molecular weight is 377 g/mol. The molecular formula is C14H9BrClF2NO2. The molecular weight excluding hydrogens is 368 g/mol. The van der Waals surface area contributed by atoms with Crippen molar-refractivity contribution in [3.05, 3.63) is 57.5 Å². The van der Waals surface area contributed by atoms with E-state index in [-0.39, 0.29) is 16.3 Å². The largest absolute Gasteiger partial charge is 0.435 e. The number of carbonyl (C=O) groups excluding carboxylic acids is 1. The van der Waals surface area contributed by atoms with Crippen molar-refractivity contribution in [3.8, 4) is 5.75 Å². The molecule has 0 aromatic heterocycles. The number of ether oxygens (including phenoxy) is 1. The summed E-state index contributed by atoms with van der Waals surface area (Å²) in [4.78, 5) is 12.1. The topological polar surface area (TPSA) is 38.3 Å². The highest BCUT2D eigenvalue weighted by Gasteiger charge is 2.13. The van der Waals surface area contributed by atoms with Gasteiger partial charge in [0.15, 0.2) is 0 Å². The number of anilines is 1. The molecule has 7 heteroatoms. The molecule has 0 unspecified atom stereocenters. The summed E-state index contributed by atoms with van der Waals surface area (Å²) in [6.45, 7) is -2.92. The van der Waals surface area contributed by atoms with Gasteiger partial charge in [-0.1, -0.05) is 23.7 Å². The maximum Gasteiger partial charge on any atom is 0.387 e. The third kappa shape index (κ3) is 4.15. The number of hydrogen-bond donors (Lipinski definition) is 1. The number of carbonyl (C=O) groups is 1. The molecule has 0 radical (unpaired) electrons. The first-order chi connectivity index (χ1) is 9.97. The maximum atomic E-state index is 12.1. The van der Waals surface area contributed by atoms with Gasteiger partial charge in [-0.25, -0.2) is 0 Å². The van der Waals surface area contributed by atoms with Gasteiger partial charge in [0.25, 0.3) is 5.91 Å². The molecule has 1 N–H and O–H groups in total. The van der Waals surface area contributed by atoms with Crippen LogP contribution in [0.1, 0.15) is 10.4 Å². The fourth-order valence-corrected chi connectivity index (χ4v) is 2.21. The lowest BCUT2D eigenvalue weighted by molar-refractivity contribution is -0.0497. The third-order valence-corrected chi connectivity index (χ3v) is 3.81. The quantitative estimate of drug-likeness (QED) is 0.819. The Bertz CT molecular complexity index is 667. The number of alkyl halides is 2. The van der Waals surface area contributed by atoms with Crippen LogP contribution in [0.5, 0.6) is 5.75 Å². The molecule has 0 atom stereocenters. The van der Waals surface area contributed by atoms with Gasteiger partial charge in [0, 0.05) is 16.2 Å². The Morgan fingerprint density at radius 3 is 2.67 bits per heavy atom. The first-order valence-corrected chi connectivity index (χ1v) is 6.94. The first-order valence-electron chi connectivity index (χ1n) is 5.77. The van der Waals surface area contributed by atoms with Gasteiger partial charge >= 0.3 is 6.61 Å². The number of amides is 1. The fourth-order valence-electron chi connectivity index (χ4n) is 1.63. The molecule has 2 aromatic carbocycles. The Morgan fingerprint density at radius 2 is 1.95 bits per heavy atom. The van der Waals surface area contributed by atoms with E-state index >= 15 is 0 Å². The second-order valence-electron chi connectivity index (χ2n) is 3.96. The summed E-state index contributed by atoms with van der Waals surface area (Å²) in [5.41, 5.74) is 0.598. The van der Waals surface area contributed by atoms with E-state index in [1.807, 2.05) is 0 Å². The van der Waals surface area contributed by atoms with Crippen molar-refractivity contribution in [2.24, 2.45) is 0 Å². The summed E-state index contributed by atoms with van der Waals surface area (Å²) in [5, 5.41) is 2.84. The highest BCUT2D eigenvalue weighted by atomic mass is 79.9. The minimum absolute atomic E-state index is 0.0388. The molecule has 0 aliphatic carbocycles. The lowest BCUT2D eigenvalue weighted by atomic mass is 10.2. The van der Waals surface area contributed by atoms with Gasteiger partial charge in [0.2, 0.25) is 0 Å². The molecule has 3 nitrogen and oxygen atoms in total. The van der Waals surface area contributed by atoms with Crippen molar-refractivity contribution < 1.29 is 18.3 Å². The molecule has 110 valence electrons. The second-order valence-corrected chi connectivity index (χ2v) is 5.19. The molecule has 2 rings (SSSR count). The zero-order chi connectivity index (χ0) is 15.4. The normalized spacial score (nSPS) is 10.5. The number of rotatable bonds is 4. The third-order valence-electron chi connectivity index (χ3n) is 2.51. The van der Waals surface area contributed by atoms with Gasteiger partial charge in [0.1, 0.15) is 5.75 Å². The molecule has 0 bridgehead atoms. The highest BCUT2D eigenvalue weighted by molar-refractivity contribution is 9.10. The SMILES string of the molecule is O=C(Nc1cccc(OC(F)F)c1)c1cccc(Br)c1Cl. The van der Waals surface area contributed by atoms with Crippen molar-refractivity contribution in [1.82, 2.24) is 0 Å². The van der Waals surface area contributed by atoms with Crippen molar-refractivity contribution in [2.45, 2.75) is 6.61 Å². The minimum Gasteiger partial charge on any atom is -0.435 e. The van der Waals surface area contributed by atoms with Gasteiger partial charge in [-0.15, -0.1) is 0 Å². The highest BCUT2D eigenvalue weighted by Crippen LogP contribution is 2.27. The van der Waals surface area contributed by atoms with E-state index in [9.17, 15) is 13.6 Å². The number of benzene rings is 2. The van der Waals surface area contributed by atoms with Crippen molar-refractivity contribution >= 4 is 39.1 Å². The van der Waals surface area contributed by atoms with Gasteiger partial charge < -0.3 is 10.1 Å². The summed E-state index contributed by atoms with van der Waals surface area (Å²) in [7, 11) is 0. The monoisotopic (exact) mass is 375 g/mol. The van der Waals surface area contributed by atoms with Crippen LogP contribution in [-0.4, -0.2) is 12.5 Å². The predicted octanol–water partition coefficient (Wildman–Crippen LogP) is 4.96. The summed E-state index contributed by atoms with van der Waals surface area (Å²) in [5.74, 6) is -0.487. The van der Waals surface area contributed by atoms with Crippen LogP contribution in [0.4, 0.5) is 14.5 Å². The van der Waals surface area contributed by atoms with Crippen LogP contribution in [0.15, 0.2) is 46.9 Å². The Morgan fingerprint density at radius 1 is 1.24 bits per heavy atom. The average Bonchev–Trinajstić information content (AvgIpc) is 2.41. The van der Waals surface area contributed by atoms with E-state index in [1.165, 1.54) is 18.2 Å². The van der Waals surface area contributed by atoms with Crippen molar-refractivity contribution in [3.63, 3.8) is 0 Å². The van der Waals surface area contributed by atoms with Gasteiger partial charge in [0.05, 0.1) is 10.6 Å². The van der Waals surface area contributed by atoms with Crippen LogP contribution in [0.25, 0.3) is 0 Å². The molecule has 0 spiro atoms. The Balaban J connectivity index is 2.18. The number of nitrogens with one attached hydrogen (secondary N) is 1. The number of halogens is 4. The molecule has 0 saturated carbocycles. The molecule has 0 heterocycles. The smallest absolute Gasteiger partial charge is 0.387 e. The molecule has 0 aliphatic heterocycles. The van der Waals surface area contributed by atoms with E-state index < -0.39 is 12.5 Å². The van der Waals surface area contributed by atoms with Crippen LogP contribution >= 0.6 is 27.5 Å². The van der Waals surface area contributed by atoms with Gasteiger partial charge in [-0.05, 0) is 40.2 Å². The predicted molar refractivity (Wildman–Crippen MR) is 80.2 cm³/mol. The van der Waals surface area contributed by atoms with Crippen LogP contribution in [0.3, 0.4) is 0 Å². The standard InChI is InChI=1S/C14H9BrClF2NO2/c15-11-6-2-5-10(12(11)16)13(20)19-8-3-1-4-9(7-8)21-14(17)18/h1-7,14H,(H,19,20). The van der Waals surface area contributed by atoms with Gasteiger partial charge in [-0.2, -0.15) is 8.78 Å². The minimum atomic E-state index is -2.92. The fraction of sp³-hybridized carbons (Fsp3) is 0.0714. The summed E-state index contributed by atoms with van der Waals surface area (Å²) in [6, 6.07) is 10.7. The first kappa shape index (κ1) is 15.7. The second kappa shape index (κ2) is 6.87. The van der Waals surface area contributed by atoms with E-state index in [0.717, 1.165) is 0 Å². The summed E-state index contributed by atoms with van der Waals surface area (Å²) < 4.78 is 29.1. The van der Waals surface area contributed by atoms with Crippen LogP contribution < -0.4 is 10.1 Å². The van der Waals surface area contributed by atoms with Crippen LogP contribution in [0.2, 0.25) is 5.02 Å². The summed E-state index contributed by atoms with van der Waals surface area (Å²) in [6.07, 6.45) is 0. The van der Waals surface area contributed by atoms with E-state index in [1.54, 1.807) is 24.3 Å². The zero-order valence-corrected chi connectivity index (χ0v) is 12.8. The van der Waals surface area contributed by atoms with E-state index in [4.69, 9.17) is 11.6 Å². The maximum absolute atomic E-state index is 12.1. The number of hydrogen-bond acceptors (Lipinski definition) is 2.